The molecule has 0 saturated heterocycles. The fraction of sp³-hybridized carbons (Fsp3) is 0.333. The van der Waals surface area contributed by atoms with E-state index >= 15 is 0 Å². The van der Waals surface area contributed by atoms with E-state index in [-0.39, 0.29) is 28.7 Å². The molecule has 0 spiro atoms. The quantitative estimate of drug-likeness (QED) is 0.373. The fourth-order valence-corrected chi connectivity index (χ4v) is 2.21. The topological polar surface area (TPSA) is 89.3 Å². The lowest BCUT2D eigenvalue weighted by Gasteiger charge is -2.04. The summed E-state index contributed by atoms with van der Waals surface area (Å²) in [7, 11) is 0. The van der Waals surface area contributed by atoms with Crippen molar-refractivity contribution in [1.29, 1.82) is 0 Å². The number of benzene rings is 1. The summed E-state index contributed by atoms with van der Waals surface area (Å²) in [6.07, 6.45) is 0. The average Bonchev–Trinajstić information content (AvgIpc) is 2.36. The number of amides is 1. The molecule has 0 aliphatic carbocycles. The number of Topliss-reactive ketones (excluding diaryl/α,β-unsaturated/α-hetero) is 1. The molecule has 0 aliphatic heterocycles. The smallest absolute Gasteiger partial charge is 0.281 e. The Morgan fingerprint density at radius 3 is 2.63 bits per heavy atom. The lowest BCUT2D eigenvalue weighted by molar-refractivity contribution is -0.385. The predicted octanol–water partition coefficient (Wildman–Crippen LogP) is 2.03. The van der Waals surface area contributed by atoms with E-state index in [1.165, 1.54) is 30.8 Å². The van der Waals surface area contributed by atoms with Crippen LogP contribution >= 0.6 is 11.8 Å². The monoisotopic (exact) mass is 282 g/mol. The van der Waals surface area contributed by atoms with Crippen LogP contribution in [0.1, 0.15) is 24.2 Å². The Balaban J connectivity index is 2.87. The van der Waals surface area contributed by atoms with Crippen molar-refractivity contribution in [2.75, 3.05) is 12.3 Å². The highest BCUT2D eigenvalue weighted by Gasteiger charge is 2.18. The molecule has 1 N–H and O–H groups in total. The van der Waals surface area contributed by atoms with Gasteiger partial charge in [-0.2, -0.15) is 0 Å². The molecule has 0 unspecified atom stereocenters. The van der Waals surface area contributed by atoms with Crippen LogP contribution < -0.4 is 5.32 Å². The molecule has 1 aromatic rings. The number of nitro groups is 1. The molecule has 0 radical (unpaired) electrons. The van der Waals surface area contributed by atoms with Gasteiger partial charge in [-0.15, -0.1) is 11.8 Å². The van der Waals surface area contributed by atoms with Crippen LogP contribution in [0.3, 0.4) is 0 Å². The molecule has 6 nitrogen and oxygen atoms in total. The number of nitrogens with one attached hydrogen (secondary N) is 1. The van der Waals surface area contributed by atoms with Gasteiger partial charge in [0.15, 0.2) is 5.78 Å². The molecule has 1 aromatic carbocycles. The van der Waals surface area contributed by atoms with E-state index in [0.29, 0.717) is 11.4 Å². The maximum absolute atomic E-state index is 11.3. The number of thioether (sulfide) groups is 1. The van der Waals surface area contributed by atoms with Crippen LogP contribution in [0.25, 0.3) is 0 Å². The van der Waals surface area contributed by atoms with E-state index in [4.69, 9.17) is 0 Å². The number of hydrogen-bond acceptors (Lipinski definition) is 5. The molecule has 0 bridgehead atoms. The summed E-state index contributed by atoms with van der Waals surface area (Å²) in [5.74, 6) is -0.303. The Labute approximate surface area is 114 Å². The summed E-state index contributed by atoms with van der Waals surface area (Å²) >= 11 is 1.19. The van der Waals surface area contributed by atoms with Crippen molar-refractivity contribution >= 4 is 29.1 Å². The second-order valence-electron chi connectivity index (χ2n) is 3.73. The minimum absolute atomic E-state index is 0.0763. The summed E-state index contributed by atoms with van der Waals surface area (Å²) in [5, 5.41) is 13.5. The van der Waals surface area contributed by atoms with E-state index in [0.717, 1.165) is 0 Å². The summed E-state index contributed by atoms with van der Waals surface area (Å²) in [6.45, 7) is 3.64. The van der Waals surface area contributed by atoms with Crippen LogP contribution in [0.15, 0.2) is 23.1 Å². The highest BCUT2D eigenvalue weighted by molar-refractivity contribution is 8.00. The molecule has 0 heterocycles. The van der Waals surface area contributed by atoms with Crippen molar-refractivity contribution in [3.05, 3.63) is 33.9 Å². The molecule has 19 heavy (non-hydrogen) atoms. The fourth-order valence-electron chi connectivity index (χ4n) is 1.45. The molecule has 0 aliphatic rings. The van der Waals surface area contributed by atoms with Gasteiger partial charge in [0.2, 0.25) is 5.91 Å². The standard InChI is InChI=1S/C12H14N2O4S/c1-3-13-12(16)7-19-9-4-5-10(8(2)15)11(6-9)14(17)18/h4-6H,3,7H2,1-2H3,(H,13,16). The van der Waals surface area contributed by atoms with Gasteiger partial charge < -0.3 is 5.32 Å². The van der Waals surface area contributed by atoms with Crippen LogP contribution in [0, 0.1) is 10.1 Å². The van der Waals surface area contributed by atoms with E-state index in [2.05, 4.69) is 5.32 Å². The van der Waals surface area contributed by atoms with Crippen molar-refractivity contribution < 1.29 is 14.5 Å². The Kier molecular flexibility index (Phi) is 5.50. The summed E-state index contributed by atoms with van der Waals surface area (Å²) in [4.78, 5) is 33.4. The van der Waals surface area contributed by atoms with Crippen molar-refractivity contribution in [1.82, 2.24) is 5.32 Å². The first kappa shape index (κ1) is 15.2. The van der Waals surface area contributed by atoms with Gasteiger partial charge in [-0.25, -0.2) is 0 Å². The Morgan fingerprint density at radius 1 is 1.42 bits per heavy atom. The lowest BCUT2D eigenvalue weighted by Crippen LogP contribution is -2.24. The maximum Gasteiger partial charge on any atom is 0.281 e. The van der Waals surface area contributed by atoms with Crippen LogP contribution in [-0.2, 0) is 4.79 Å². The zero-order chi connectivity index (χ0) is 14.4. The van der Waals surface area contributed by atoms with E-state index < -0.39 is 4.92 Å². The van der Waals surface area contributed by atoms with Gasteiger partial charge in [-0.1, -0.05) is 0 Å². The average molecular weight is 282 g/mol. The molecular weight excluding hydrogens is 268 g/mol. The van der Waals surface area contributed by atoms with Gasteiger partial charge in [0.05, 0.1) is 16.2 Å². The van der Waals surface area contributed by atoms with Gasteiger partial charge in [0.1, 0.15) is 0 Å². The Bertz CT molecular complexity index is 516. The second kappa shape index (κ2) is 6.89. The van der Waals surface area contributed by atoms with E-state index in [9.17, 15) is 19.7 Å². The SMILES string of the molecule is CCNC(=O)CSc1ccc(C(C)=O)c([N+](=O)[O-])c1. The lowest BCUT2D eigenvalue weighted by atomic mass is 10.1. The zero-order valence-corrected chi connectivity index (χ0v) is 11.5. The van der Waals surface area contributed by atoms with Crippen LogP contribution in [0.5, 0.6) is 0 Å². The number of carbonyl (C=O) groups excluding carboxylic acids is 2. The minimum Gasteiger partial charge on any atom is -0.356 e. The first-order valence-corrected chi connectivity index (χ1v) is 6.63. The number of rotatable bonds is 6. The van der Waals surface area contributed by atoms with Gasteiger partial charge in [0, 0.05) is 17.5 Å². The largest absolute Gasteiger partial charge is 0.356 e. The van der Waals surface area contributed by atoms with E-state index in [1.54, 1.807) is 6.07 Å². The van der Waals surface area contributed by atoms with Crippen LogP contribution in [0.4, 0.5) is 5.69 Å². The normalized spacial score (nSPS) is 10.0. The molecule has 0 fully saturated rings. The molecular formula is C12H14N2O4S. The zero-order valence-electron chi connectivity index (χ0n) is 10.6. The highest BCUT2D eigenvalue weighted by atomic mass is 32.2. The summed E-state index contributed by atoms with van der Waals surface area (Å²) in [5.41, 5.74) is -0.152. The molecule has 1 amide bonds. The van der Waals surface area contributed by atoms with Gasteiger partial charge in [-0.3, -0.25) is 19.7 Å². The third-order valence-corrected chi connectivity index (χ3v) is 3.28. The second-order valence-corrected chi connectivity index (χ2v) is 4.78. The maximum atomic E-state index is 11.3. The van der Waals surface area contributed by atoms with Gasteiger partial charge in [0.25, 0.3) is 5.69 Å². The number of nitro benzene ring substituents is 1. The first-order chi connectivity index (χ1) is 8.95. The molecule has 102 valence electrons. The number of hydrogen-bond donors (Lipinski definition) is 1. The summed E-state index contributed by atoms with van der Waals surface area (Å²) in [6, 6.07) is 4.34. The van der Waals surface area contributed by atoms with Gasteiger partial charge >= 0.3 is 0 Å². The predicted molar refractivity (Wildman–Crippen MR) is 72.5 cm³/mol. The first-order valence-electron chi connectivity index (χ1n) is 5.64. The number of carbonyl (C=O) groups is 2. The Morgan fingerprint density at radius 2 is 2.11 bits per heavy atom. The third-order valence-electron chi connectivity index (χ3n) is 2.29. The minimum atomic E-state index is -0.590. The highest BCUT2D eigenvalue weighted by Crippen LogP contribution is 2.26. The van der Waals surface area contributed by atoms with Gasteiger partial charge in [-0.05, 0) is 26.0 Å². The number of ketones is 1. The van der Waals surface area contributed by atoms with Crippen molar-refractivity contribution in [3.8, 4) is 0 Å². The van der Waals surface area contributed by atoms with Crippen molar-refractivity contribution in [2.24, 2.45) is 0 Å². The number of nitrogens with zero attached hydrogens (tertiary/aromatic N) is 1. The third kappa shape index (κ3) is 4.36. The molecule has 0 saturated carbocycles. The van der Waals surface area contributed by atoms with Crippen molar-refractivity contribution in [3.63, 3.8) is 0 Å². The molecule has 0 atom stereocenters. The van der Waals surface area contributed by atoms with Crippen LogP contribution in [-0.4, -0.2) is 28.9 Å². The molecule has 0 aromatic heterocycles. The Hall–Kier alpha value is -1.89. The molecule has 1 rings (SSSR count). The van der Waals surface area contributed by atoms with Crippen molar-refractivity contribution in [2.45, 2.75) is 18.7 Å². The van der Waals surface area contributed by atoms with Crippen LogP contribution in [0.2, 0.25) is 0 Å². The summed E-state index contributed by atoms with van der Waals surface area (Å²) < 4.78 is 0. The van der Waals surface area contributed by atoms with E-state index in [1.807, 2.05) is 6.92 Å². The molecule has 7 heteroatoms.